The fraction of sp³-hybridized carbons (Fsp3) is 0.364. The molecule has 0 aliphatic heterocycles. The molecule has 0 bridgehead atoms. The minimum absolute atomic E-state index is 0.199. The van der Waals surface area contributed by atoms with Gasteiger partial charge in [0.25, 0.3) is 0 Å². The number of carboxylic acid groups (broad SMARTS) is 1. The van der Waals surface area contributed by atoms with Crippen LogP contribution in [-0.2, 0) is 4.79 Å². The zero-order valence-electron chi connectivity index (χ0n) is 9.29. The van der Waals surface area contributed by atoms with Crippen LogP contribution in [0.5, 0.6) is 5.75 Å². The van der Waals surface area contributed by atoms with Gasteiger partial charge in [0.1, 0.15) is 0 Å². The van der Waals surface area contributed by atoms with E-state index in [1.54, 1.807) is 0 Å². The van der Waals surface area contributed by atoms with Gasteiger partial charge in [-0.05, 0) is 17.7 Å². The molecule has 7 heteroatoms. The molecule has 100 valence electrons. The number of carboxylic acids is 1. The standard InChI is InChI=1S/C11H10F4O3/c1-18-9-3-2-6(4-8(9)12)7(5-10(16)17)11(13,14)15/h2-4,7H,5H2,1H3,(H,16,17). The first-order chi connectivity index (χ1) is 8.25. The first-order valence-corrected chi connectivity index (χ1v) is 4.87. The second-order valence-electron chi connectivity index (χ2n) is 3.59. The van der Waals surface area contributed by atoms with Crippen LogP contribution in [0.25, 0.3) is 0 Å². The molecule has 1 unspecified atom stereocenters. The summed E-state index contributed by atoms with van der Waals surface area (Å²) >= 11 is 0. The van der Waals surface area contributed by atoms with E-state index in [1.165, 1.54) is 7.11 Å². The van der Waals surface area contributed by atoms with E-state index in [0.29, 0.717) is 6.07 Å². The van der Waals surface area contributed by atoms with Crippen LogP contribution in [0.4, 0.5) is 17.6 Å². The number of methoxy groups -OCH3 is 1. The minimum Gasteiger partial charge on any atom is -0.494 e. The van der Waals surface area contributed by atoms with Gasteiger partial charge in [0, 0.05) is 0 Å². The van der Waals surface area contributed by atoms with Gasteiger partial charge in [-0.15, -0.1) is 0 Å². The molecule has 1 rings (SSSR count). The maximum Gasteiger partial charge on any atom is 0.396 e. The van der Waals surface area contributed by atoms with Gasteiger partial charge in [0.15, 0.2) is 11.6 Å². The van der Waals surface area contributed by atoms with Crippen molar-refractivity contribution in [3.8, 4) is 5.75 Å². The number of halogens is 4. The summed E-state index contributed by atoms with van der Waals surface area (Å²) in [5.41, 5.74) is -0.441. The van der Waals surface area contributed by atoms with Gasteiger partial charge in [-0.3, -0.25) is 4.79 Å². The largest absolute Gasteiger partial charge is 0.494 e. The Morgan fingerprint density at radius 2 is 2.06 bits per heavy atom. The first kappa shape index (κ1) is 14.3. The lowest BCUT2D eigenvalue weighted by atomic mass is 9.95. The molecular formula is C11H10F4O3. The summed E-state index contributed by atoms with van der Waals surface area (Å²) in [6, 6.07) is 2.67. The molecule has 0 spiro atoms. The summed E-state index contributed by atoms with van der Waals surface area (Å²) in [5, 5.41) is 8.46. The lowest BCUT2D eigenvalue weighted by molar-refractivity contribution is -0.163. The summed E-state index contributed by atoms with van der Waals surface area (Å²) in [6.07, 6.45) is -5.89. The fourth-order valence-electron chi connectivity index (χ4n) is 1.50. The van der Waals surface area contributed by atoms with Crippen LogP contribution in [0.15, 0.2) is 18.2 Å². The third kappa shape index (κ3) is 3.35. The number of alkyl halides is 3. The van der Waals surface area contributed by atoms with E-state index in [1.807, 2.05) is 0 Å². The Hall–Kier alpha value is -1.79. The van der Waals surface area contributed by atoms with Gasteiger partial charge in [-0.2, -0.15) is 13.2 Å². The van der Waals surface area contributed by atoms with E-state index in [2.05, 4.69) is 4.74 Å². The molecule has 0 amide bonds. The molecule has 0 aromatic heterocycles. The van der Waals surface area contributed by atoms with E-state index >= 15 is 0 Å². The highest BCUT2D eigenvalue weighted by molar-refractivity contribution is 5.68. The maximum atomic E-state index is 13.3. The molecule has 0 radical (unpaired) electrons. The van der Waals surface area contributed by atoms with Gasteiger partial charge in [-0.25, -0.2) is 4.39 Å². The summed E-state index contributed by atoms with van der Waals surface area (Å²) in [4.78, 5) is 10.4. The van der Waals surface area contributed by atoms with Crippen LogP contribution in [-0.4, -0.2) is 24.4 Å². The lowest BCUT2D eigenvalue weighted by Crippen LogP contribution is -2.23. The summed E-state index contributed by atoms with van der Waals surface area (Å²) in [5.74, 6) is -5.01. The highest BCUT2D eigenvalue weighted by Gasteiger charge is 2.42. The highest BCUT2D eigenvalue weighted by atomic mass is 19.4. The molecule has 3 nitrogen and oxygen atoms in total. The van der Waals surface area contributed by atoms with Gasteiger partial charge in [0.05, 0.1) is 19.4 Å². The van der Waals surface area contributed by atoms with Crippen LogP contribution in [0, 0.1) is 5.82 Å². The predicted octanol–water partition coefficient (Wildman–Crippen LogP) is 2.95. The van der Waals surface area contributed by atoms with Crippen molar-refractivity contribution in [1.82, 2.24) is 0 Å². The molecule has 0 aliphatic carbocycles. The van der Waals surface area contributed by atoms with E-state index < -0.39 is 35.9 Å². The molecule has 1 aromatic rings. The second kappa shape index (κ2) is 5.24. The third-order valence-corrected chi connectivity index (χ3v) is 2.35. The molecule has 1 atom stereocenters. The minimum atomic E-state index is -4.75. The van der Waals surface area contributed by atoms with Crippen LogP contribution >= 0.6 is 0 Å². The van der Waals surface area contributed by atoms with Crippen molar-refractivity contribution >= 4 is 5.97 Å². The SMILES string of the molecule is COc1ccc(C(CC(=O)O)C(F)(F)F)cc1F. The average Bonchev–Trinajstić information content (AvgIpc) is 2.24. The quantitative estimate of drug-likeness (QED) is 0.852. The van der Waals surface area contributed by atoms with Crippen molar-refractivity contribution in [3.05, 3.63) is 29.6 Å². The Kier molecular flexibility index (Phi) is 4.15. The molecule has 1 N–H and O–H groups in total. The number of rotatable bonds is 4. The number of hydrogen-bond donors (Lipinski definition) is 1. The molecule has 0 saturated heterocycles. The monoisotopic (exact) mass is 266 g/mol. The lowest BCUT2D eigenvalue weighted by Gasteiger charge is -2.19. The summed E-state index contributed by atoms with van der Waals surface area (Å²) in [6.45, 7) is 0. The van der Waals surface area contributed by atoms with Crippen LogP contribution in [0.2, 0.25) is 0 Å². The van der Waals surface area contributed by atoms with Crippen molar-refractivity contribution in [2.45, 2.75) is 18.5 Å². The Labute approximate surface area is 100.0 Å². The molecule has 0 heterocycles. The Bertz CT molecular complexity index is 442. The first-order valence-electron chi connectivity index (χ1n) is 4.87. The molecule has 0 saturated carbocycles. The van der Waals surface area contributed by atoms with E-state index in [-0.39, 0.29) is 5.75 Å². The molecule has 0 aliphatic rings. The second-order valence-corrected chi connectivity index (χ2v) is 3.59. The van der Waals surface area contributed by atoms with Gasteiger partial charge < -0.3 is 9.84 Å². The van der Waals surface area contributed by atoms with Crippen LogP contribution in [0.1, 0.15) is 17.9 Å². The highest BCUT2D eigenvalue weighted by Crippen LogP contribution is 2.38. The molecule has 0 fully saturated rings. The van der Waals surface area contributed by atoms with Crippen molar-refractivity contribution < 1.29 is 32.2 Å². The van der Waals surface area contributed by atoms with Crippen molar-refractivity contribution in [1.29, 1.82) is 0 Å². The Balaban J connectivity index is 3.13. The van der Waals surface area contributed by atoms with E-state index in [0.717, 1.165) is 12.1 Å². The zero-order chi connectivity index (χ0) is 13.9. The van der Waals surface area contributed by atoms with Gasteiger partial charge in [0.2, 0.25) is 0 Å². The van der Waals surface area contributed by atoms with Crippen LogP contribution in [0.3, 0.4) is 0 Å². The number of ether oxygens (including phenoxy) is 1. The normalized spacial score (nSPS) is 13.2. The smallest absolute Gasteiger partial charge is 0.396 e. The topological polar surface area (TPSA) is 46.5 Å². The van der Waals surface area contributed by atoms with Crippen molar-refractivity contribution in [2.75, 3.05) is 7.11 Å². The van der Waals surface area contributed by atoms with Crippen molar-refractivity contribution in [2.24, 2.45) is 0 Å². The number of carbonyl (C=O) groups is 1. The van der Waals surface area contributed by atoms with E-state index in [9.17, 15) is 22.4 Å². The van der Waals surface area contributed by atoms with Crippen LogP contribution < -0.4 is 4.74 Å². The zero-order valence-corrected chi connectivity index (χ0v) is 9.29. The van der Waals surface area contributed by atoms with E-state index in [4.69, 9.17) is 5.11 Å². The number of hydrogen-bond acceptors (Lipinski definition) is 2. The summed E-state index contributed by atoms with van der Waals surface area (Å²) in [7, 11) is 1.18. The van der Waals surface area contributed by atoms with Gasteiger partial charge >= 0.3 is 12.1 Å². The Morgan fingerprint density at radius 3 is 2.44 bits per heavy atom. The van der Waals surface area contributed by atoms with Gasteiger partial charge in [-0.1, -0.05) is 6.07 Å². The molecular weight excluding hydrogens is 256 g/mol. The third-order valence-electron chi connectivity index (χ3n) is 2.35. The van der Waals surface area contributed by atoms with Crippen molar-refractivity contribution in [3.63, 3.8) is 0 Å². The molecule has 1 aromatic carbocycles. The predicted molar refractivity (Wildman–Crippen MR) is 54.0 cm³/mol. The average molecular weight is 266 g/mol. The molecule has 18 heavy (non-hydrogen) atoms. The maximum absolute atomic E-state index is 13.3. The summed E-state index contributed by atoms with van der Waals surface area (Å²) < 4.78 is 55.9. The fourth-order valence-corrected chi connectivity index (χ4v) is 1.50. The number of aliphatic carboxylic acids is 1. The number of benzene rings is 1. The Morgan fingerprint density at radius 1 is 1.44 bits per heavy atom.